The maximum absolute atomic E-state index is 6.26. The summed E-state index contributed by atoms with van der Waals surface area (Å²) in [5, 5.41) is 5.10. The number of nitrogens with zero attached hydrogens (tertiary/aromatic N) is 1. The number of nitrogens with two attached hydrogens (primary N) is 1. The van der Waals surface area contributed by atoms with E-state index in [1.165, 1.54) is 32.6 Å². The second-order valence-corrected chi connectivity index (χ2v) is 5.30. The molecule has 0 saturated heterocycles. The van der Waals surface area contributed by atoms with Crippen molar-refractivity contribution in [2.45, 2.75) is 0 Å². The quantitative estimate of drug-likeness (QED) is 0.408. The van der Waals surface area contributed by atoms with Gasteiger partial charge in [-0.05, 0) is 12.1 Å². The molecule has 0 unspecified atom stereocenters. The van der Waals surface area contributed by atoms with E-state index in [4.69, 9.17) is 5.73 Å². The zero-order chi connectivity index (χ0) is 13.3. The summed E-state index contributed by atoms with van der Waals surface area (Å²) in [5.41, 5.74) is 10.7. The third-order valence-corrected chi connectivity index (χ3v) is 4.28. The van der Waals surface area contributed by atoms with E-state index in [-0.39, 0.29) is 0 Å². The number of nitrogen functional groups attached to an aromatic ring is 1. The molecule has 0 bridgehead atoms. The molecule has 0 spiro atoms. The lowest BCUT2D eigenvalue weighted by Crippen LogP contribution is -1.89. The van der Waals surface area contributed by atoms with Crippen LogP contribution < -0.4 is 5.73 Å². The molecule has 2 aromatic heterocycles. The van der Waals surface area contributed by atoms with Crippen molar-refractivity contribution < 1.29 is 0 Å². The van der Waals surface area contributed by atoms with E-state index < -0.39 is 0 Å². The van der Waals surface area contributed by atoms with Crippen molar-refractivity contribution in [2.75, 3.05) is 5.73 Å². The van der Waals surface area contributed by atoms with Crippen molar-refractivity contribution in [1.29, 1.82) is 0 Å². The Morgan fingerprint density at radius 1 is 0.600 bits per heavy atom. The predicted molar refractivity (Wildman–Crippen MR) is 85.5 cm³/mol. The van der Waals surface area contributed by atoms with Crippen LogP contribution in [0.15, 0.2) is 60.7 Å². The molecule has 5 rings (SSSR count). The topological polar surface area (TPSA) is 30.4 Å². The Hall–Kier alpha value is -2.74. The van der Waals surface area contributed by atoms with E-state index >= 15 is 0 Å². The first-order chi connectivity index (χ1) is 9.86. The highest BCUT2D eigenvalue weighted by Gasteiger charge is 2.17. The van der Waals surface area contributed by atoms with Crippen LogP contribution in [-0.4, -0.2) is 4.40 Å². The SMILES string of the molecule is Nc1cccc2c3cccc4c5ccccc5n(c12)c43. The van der Waals surface area contributed by atoms with E-state index in [0.29, 0.717) is 0 Å². The van der Waals surface area contributed by atoms with Gasteiger partial charge in [-0.15, -0.1) is 0 Å². The standard InChI is InChI=1S/C18H12N2/c19-15-9-4-8-14-13-7-3-6-12-11-5-1-2-10-16(11)20(17(12)13)18(14)15/h1-10H,19H2. The summed E-state index contributed by atoms with van der Waals surface area (Å²) < 4.78 is 2.31. The minimum Gasteiger partial charge on any atom is -0.397 e. The van der Waals surface area contributed by atoms with Gasteiger partial charge in [0.25, 0.3) is 0 Å². The van der Waals surface area contributed by atoms with Gasteiger partial charge < -0.3 is 10.1 Å². The van der Waals surface area contributed by atoms with Gasteiger partial charge in [-0.25, -0.2) is 0 Å². The number of rotatable bonds is 0. The van der Waals surface area contributed by atoms with Crippen LogP contribution in [0.25, 0.3) is 38.1 Å². The Morgan fingerprint density at radius 3 is 2.05 bits per heavy atom. The van der Waals surface area contributed by atoms with Crippen LogP contribution in [0.2, 0.25) is 0 Å². The van der Waals surface area contributed by atoms with Crippen LogP contribution >= 0.6 is 0 Å². The summed E-state index contributed by atoms with van der Waals surface area (Å²) in [6, 6.07) is 21.2. The van der Waals surface area contributed by atoms with E-state index in [2.05, 4.69) is 52.9 Å². The molecule has 94 valence electrons. The molecular formula is C18H12N2. The third-order valence-electron chi connectivity index (χ3n) is 4.28. The Balaban J connectivity index is 2.32. The molecule has 3 aromatic carbocycles. The molecule has 0 aliphatic heterocycles. The van der Waals surface area contributed by atoms with Crippen molar-refractivity contribution >= 4 is 43.8 Å². The average Bonchev–Trinajstić information content (AvgIpc) is 3.00. The fourth-order valence-electron chi connectivity index (χ4n) is 3.50. The molecule has 0 saturated carbocycles. The van der Waals surface area contributed by atoms with Crippen molar-refractivity contribution in [3.8, 4) is 0 Å². The van der Waals surface area contributed by atoms with E-state index in [1.54, 1.807) is 0 Å². The fraction of sp³-hybridized carbons (Fsp3) is 0. The number of anilines is 1. The second kappa shape index (κ2) is 3.23. The largest absolute Gasteiger partial charge is 0.397 e. The molecule has 0 aliphatic carbocycles. The highest BCUT2D eigenvalue weighted by molar-refractivity contribution is 6.24. The minimum absolute atomic E-state index is 0.835. The Bertz CT molecular complexity index is 1100. The van der Waals surface area contributed by atoms with E-state index in [1.807, 2.05) is 12.1 Å². The molecule has 2 nitrogen and oxygen atoms in total. The van der Waals surface area contributed by atoms with Crippen LogP contribution in [0.1, 0.15) is 0 Å². The van der Waals surface area contributed by atoms with Gasteiger partial charge >= 0.3 is 0 Å². The highest BCUT2D eigenvalue weighted by atomic mass is 14.9. The number of hydrogen-bond donors (Lipinski definition) is 1. The van der Waals surface area contributed by atoms with Gasteiger partial charge in [0.2, 0.25) is 0 Å². The van der Waals surface area contributed by atoms with Gasteiger partial charge in [0.1, 0.15) is 0 Å². The zero-order valence-corrected chi connectivity index (χ0v) is 10.8. The second-order valence-electron chi connectivity index (χ2n) is 5.30. The van der Waals surface area contributed by atoms with Crippen LogP contribution in [-0.2, 0) is 0 Å². The zero-order valence-electron chi connectivity index (χ0n) is 10.8. The van der Waals surface area contributed by atoms with Gasteiger partial charge in [0.05, 0.1) is 22.2 Å². The van der Waals surface area contributed by atoms with Gasteiger partial charge in [-0.1, -0.05) is 48.5 Å². The summed E-state index contributed by atoms with van der Waals surface area (Å²) >= 11 is 0. The highest BCUT2D eigenvalue weighted by Crippen LogP contribution is 2.40. The van der Waals surface area contributed by atoms with Crippen molar-refractivity contribution in [1.82, 2.24) is 4.40 Å². The van der Waals surface area contributed by atoms with Gasteiger partial charge in [0.15, 0.2) is 0 Å². The number of para-hydroxylation sites is 3. The van der Waals surface area contributed by atoms with Crippen LogP contribution in [0.3, 0.4) is 0 Å². The molecule has 0 atom stereocenters. The molecular weight excluding hydrogens is 244 g/mol. The molecule has 0 fully saturated rings. The lowest BCUT2D eigenvalue weighted by atomic mass is 10.1. The molecule has 0 radical (unpaired) electrons. The first-order valence-electron chi connectivity index (χ1n) is 6.77. The summed E-state index contributed by atoms with van der Waals surface area (Å²) in [6.45, 7) is 0. The number of fused-ring (bicyclic) bond motifs is 6. The molecule has 5 aromatic rings. The summed E-state index contributed by atoms with van der Waals surface area (Å²) in [7, 11) is 0. The number of hydrogen-bond acceptors (Lipinski definition) is 1. The van der Waals surface area contributed by atoms with Crippen LogP contribution in [0.4, 0.5) is 5.69 Å². The first-order valence-corrected chi connectivity index (χ1v) is 6.77. The number of aromatic nitrogens is 1. The van der Waals surface area contributed by atoms with E-state index in [9.17, 15) is 0 Å². The van der Waals surface area contributed by atoms with Gasteiger partial charge in [-0.2, -0.15) is 0 Å². The molecule has 2 heteroatoms. The molecule has 20 heavy (non-hydrogen) atoms. The minimum atomic E-state index is 0.835. The van der Waals surface area contributed by atoms with Gasteiger partial charge in [0, 0.05) is 21.5 Å². The average molecular weight is 256 g/mol. The Kier molecular flexibility index (Phi) is 1.63. The maximum Gasteiger partial charge on any atom is 0.0771 e. The monoisotopic (exact) mass is 256 g/mol. The van der Waals surface area contributed by atoms with Gasteiger partial charge in [-0.3, -0.25) is 0 Å². The summed E-state index contributed by atoms with van der Waals surface area (Å²) in [6.07, 6.45) is 0. The number of benzene rings is 3. The Labute approximate surface area is 115 Å². The third kappa shape index (κ3) is 0.980. The van der Waals surface area contributed by atoms with Crippen molar-refractivity contribution in [3.63, 3.8) is 0 Å². The molecule has 2 heterocycles. The van der Waals surface area contributed by atoms with E-state index in [0.717, 1.165) is 11.2 Å². The maximum atomic E-state index is 6.26. The summed E-state index contributed by atoms with van der Waals surface area (Å²) in [5.74, 6) is 0. The van der Waals surface area contributed by atoms with Crippen molar-refractivity contribution in [3.05, 3.63) is 60.7 Å². The molecule has 0 amide bonds. The molecule has 0 aliphatic rings. The smallest absolute Gasteiger partial charge is 0.0771 e. The summed E-state index contributed by atoms with van der Waals surface area (Å²) in [4.78, 5) is 0. The normalized spacial score (nSPS) is 12.2. The van der Waals surface area contributed by atoms with Crippen molar-refractivity contribution in [2.24, 2.45) is 0 Å². The van der Waals surface area contributed by atoms with Crippen LogP contribution in [0.5, 0.6) is 0 Å². The van der Waals surface area contributed by atoms with Crippen LogP contribution in [0, 0.1) is 0 Å². The lowest BCUT2D eigenvalue weighted by Gasteiger charge is -2.00. The first kappa shape index (κ1) is 10.1. The molecule has 2 N–H and O–H groups in total. The lowest BCUT2D eigenvalue weighted by molar-refractivity contribution is 1.37. The fourth-order valence-corrected chi connectivity index (χ4v) is 3.50. The Morgan fingerprint density at radius 2 is 1.20 bits per heavy atom. The predicted octanol–water partition coefficient (Wildman–Crippen LogP) is 4.42.